The van der Waals surface area contributed by atoms with Gasteiger partial charge in [-0.2, -0.15) is 5.10 Å². The summed E-state index contributed by atoms with van der Waals surface area (Å²) in [5.74, 6) is -1.44. The van der Waals surface area contributed by atoms with E-state index in [0.717, 1.165) is 17.7 Å². The average molecular weight is 377 g/mol. The van der Waals surface area contributed by atoms with Crippen LogP contribution in [0.5, 0.6) is 0 Å². The van der Waals surface area contributed by atoms with Crippen molar-refractivity contribution in [2.24, 2.45) is 12.8 Å². The van der Waals surface area contributed by atoms with Gasteiger partial charge in [0.1, 0.15) is 6.33 Å². The molecule has 0 radical (unpaired) electrons. The van der Waals surface area contributed by atoms with Crippen molar-refractivity contribution in [3.8, 4) is 11.4 Å². The van der Waals surface area contributed by atoms with Crippen molar-refractivity contribution >= 4 is 17.2 Å². The zero-order chi connectivity index (χ0) is 18.7. The molecule has 0 aliphatic rings. The van der Waals surface area contributed by atoms with Crippen molar-refractivity contribution in [3.05, 3.63) is 58.0 Å². The lowest BCUT2D eigenvalue weighted by Crippen LogP contribution is -2.41. The Labute approximate surface area is 152 Å². The summed E-state index contributed by atoms with van der Waals surface area (Å²) in [7, 11) is 1.77. The predicted octanol–water partition coefficient (Wildman–Crippen LogP) is 2.12. The van der Waals surface area contributed by atoms with Gasteiger partial charge in [0.15, 0.2) is 17.5 Å². The molecule has 0 saturated heterocycles. The largest absolute Gasteiger partial charge is 0.347 e. The Bertz CT molecular complexity index is 924. The summed E-state index contributed by atoms with van der Waals surface area (Å²) in [6, 6.07) is 4.99. The van der Waals surface area contributed by atoms with Gasteiger partial charge in [0.2, 0.25) is 0 Å². The van der Waals surface area contributed by atoms with Crippen LogP contribution >= 0.6 is 11.3 Å². The molecule has 0 bridgehead atoms. The van der Waals surface area contributed by atoms with E-state index in [4.69, 9.17) is 5.73 Å². The lowest BCUT2D eigenvalue weighted by atomic mass is 10.1. The fourth-order valence-electron chi connectivity index (χ4n) is 2.53. The molecule has 26 heavy (non-hydrogen) atoms. The number of benzene rings is 1. The second kappa shape index (κ2) is 7.71. The topological polar surface area (TPSA) is 85.8 Å². The number of halogens is 2. The average Bonchev–Trinajstić information content (AvgIpc) is 3.26. The third-order valence-corrected chi connectivity index (χ3v) is 4.81. The van der Waals surface area contributed by atoms with E-state index in [1.807, 2.05) is 5.38 Å². The molecule has 1 unspecified atom stereocenters. The van der Waals surface area contributed by atoms with Crippen LogP contribution in [-0.2, 0) is 13.5 Å². The maximum absolute atomic E-state index is 13.3. The molecule has 0 aliphatic carbocycles. The van der Waals surface area contributed by atoms with Crippen LogP contribution in [0.2, 0.25) is 0 Å². The highest BCUT2D eigenvalue weighted by Gasteiger charge is 2.17. The molecule has 3 rings (SSSR count). The lowest BCUT2D eigenvalue weighted by molar-refractivity contribution is 0.0942. The minimum absolute atomic E-state index is 0.173. The van der Waals surface area contributed by atoms with Crippen molar-refractivity contribution in [1.29, 1.82) is 0 Å². The molecule has 1 amide bonds. The first-order valence-electron chi connectivity index (χ1n) is 7.85. The van der Waals surface area contributed by atoms with Crippen molar-refractivity contribution in [2.75, 3.05) is 6.54 Å². The molecule has 0 spiro atoms. The first kappa shape index (κ1) is 18.2. The Balaban J connectivity index is 1.68. The normalized spacial score (nSPS) is 12.2. The molecular formula is C17H17F2N5OS. The van der Waals surface area contributed by atoms with E-state index >= 15 is 0 Å². The number of nitrogens with zero attached hydrogens (tertiary/aromatic N) is 3. The molecule has 2 aromatic heterocycles. The predicted molar refractivity (Wildman–Crippen MR) is 94.7 cm³/mol. The number of thiophene rings is 1. The van der Waals surface area contributed by atoms with Crippen molar-refractivity contribution in [1.82, 2.24) is 20.1 Å². The molecule has 0 fully saturated rings. The molecule has 2 heterocycles. The quantitative estimate of drug-likeness (QED) is 0.689. The molecule has 3 aromatic rings. The number of aryl methyl sites for hydroxylation is 1. The second-order valence-corrected chi connectivity index (χ2v) is 6.68. The smallest absolute Gasteiger partial charge is 0.261 e. The highest BCUT2D eigenvalue weighted by atomic mass is 32.1. The van der Waals surface area contributed by atoms with Crippen LogP contribution in [0.15, 0.2) is 36.0 Å². The van der Waals surface area contributed by atoms with E-state index in [1.54, 1.807) is 17.8 Å². The van der Waals surface area contributed by atoms with E-state index in [2.05, 4.69) is 15.4 Å². The number of hydrogen-bond donors (Lipinski definition) is 2. The van der Waals surface area contributed by atoms with E-state index in [9.17, 15) is 13.6 Å². The highest BCUT2D eigenvalue weighted by molar-refractivity contribution is 7.12. The number of carbonyl (C=O) groups is 1. The number of rotatable bonds is 6. The minimum Gasteiger partial charge on any atom is -0.347 e. The Morgan fingerprint density at radius 2 is 2.15 bits per heavy atom. The van der Waals surface area contributed by atoms with Crippen LogP contribution in [-0.4, -0.2) is 33.3 Å². The first-order valence-corrected chi connectivity index (χ1v) is 8.73. The van der Waals surface area contributed by atoms with Crippen LogP contribution < -0.4 is 11.1 Å². The Hall–Kier alpha value is -2.65. The lowest BCUT2D eigenvalue weighted by Gasteiger charge is -2.16. The summed E-state index contributed by atoms with van der Waals surface area (Å²) in [4.78, 5) is 17.1. The molecule has 0 aliphatic heterocycles. The van der Waals surface area contributed by atoms with Crippen molar-refractivity contribution in [2.45, 2.75) is 12.5 Å². The molecule has 1 aromatic carbocycles. The highest BCUT2D eigenvalue weighted by Crippen LogP contribution is 2.23. The van der Waals surface area contributed by atoms with Crippen molar-refractivity contribution in [3.63, 3.8) is 0 Å². The maximum Gasteiger partial charge on any atom is 0.261 e. The third-order valence-electron chi connectivity index (χ3n) is 3.88. The molecule has 136 valence electrons. The van der Waals surface area contributed by atoms with E-state index in [-0.39, 0.29) is 12.5 Å². The first-order chi connectivity index (χ1) is 12.5. The van der Waals surface area contributed by atoms with Gasteiger partial charge in [-0.1, -0.05) is 6.07 Å². The van der Waals surface area contributed by atoms with Crippen LogP contribution in [0, 0.1) is 11.6 Å². The number of carbonyl (C=O) groups excluding carboxylic acids is 1. The van der Waals surface area contributed by atoms with Crippen molar-refractivity contribution < 1.29 is 13.6 Å². The summed E-state index contributed by atoms with van der Waals surface area (Å²) in [6.07, 6.45) is 1.75. The standard InChI is InChI=1S/C17H17F2N5OS/c1-24-16(21-9-22-24)11-6-15(26-8-11)17(25)23-12(7-20)4-10-2-3-13(18)14(19)5-10/h2-3,5-6,8-9,12H,4,7,20H2,1H3,(H,23,25). The van der Waals surface area contributed by atoms with E-state index in [1.165, 1.54) is 23.7 Å². The number of aromatic nitrogens is 3. The molecule has 0 saturated carbocycles. The number of nitrogens with one attached hydrogen (secondary N) is 1. The number of amides is 1. The van der Waals surface area contributed by atoms with E-state index in [0.29, 0.717) is 22.7 Å². The summed E-state index contributed by atoms with van der Waals surface area (Å²) >= 11 is 1.28. The number of nitrogens with two attached hydrogens (primary N) is 1. The van der Waals surface area contributed by atoms with Crippen LogP contribution in [0.1, 0.15) is 15.2 Å². The molecular weight excluding hydrogens is 360 g/mol. The summed E-state index contributed by atoms with van der Waals surface area (Å²) < 4.78 is 28.0. The molecule has 1 atom stereocenters. The van der Waals surface area contributed by atoms with Gasteiger partial charge in [0.05, 0.1) is 4.88 Å². The summed E-state index contributed by atoms with van der Waals surface area (Å²) in [5.41, 5.74) is 7.07. The van der Waals surface area contributed by atoms with E-state index < -0.39 is 17.7 Å². The Morgan fingerprint density at radius 1 is 1.35 bits per heavy atom. The van der Waals surface area contributed by atoms with Crippen LogP contribution in [0.25, 0.3) is 11.4 Å². The second-order valence-electron chi connectivity index (χ2n) is 5.77. The monoisotopic (exact) mass is 377 g/mol. The fourth-order valence-corrected chi connectivity index (χ4v) is 3.32. The fraction of sp³-hybridized carbons (Fsp3) is 0.235. The Kier molecular flexibility index (Phi) is 5.38. The number of hydrogen-bond acceptors (Lipinski definition) is 5. The van der Waals surface area contributed by atoms with Crippen LogP contribution in [0.4, 0.5) is 8.78 Å². The zero-order valence-corrected chi connectivity index (χ0v) is 14.8. The van der Waals surface area contributed by atoms with Gasteiger partial charge in [-0.05, 0) is 30.2 Å². The molecule has 3 N–H and O–H groups in total. The SMILES string of the molecule is Cn1ncnc1-c1csc(C(=O)NC(CN)Cc2ccc(F)c(F)c2)c1. The van der Waals surface area contributed by atoms with Crippen LogP contribution in [0.3, 0.4) is 0 Å². The van der Waals surface area contributed by atoms with Gasteiger partial charge in [-0.15, -0.1) is 11.3 Å². The van der Waals surface area contributed by atoms with Gasteiger partial charge in [0.25, 0.3) is 5.91 Å². The third kappa shape index (κ3) is 3.94. The van der Waals surface area contributed by atoms with Gasteiger partial charge in [-0.3, -0.25) is 4.79 Å². The zero-order valence-electron chi connectivity index (χ0n) is 13.9. The summed E-state index contributed by atoms with van der Waals surface area (Å²) in [6.45, 7) is 0.173. The van der Waals surface area contributed by atoms with Gasteiger partial charge >= 0.3 is 0 Å². The Morgan fingerprint density at radius 3 is 2.81 bits per heavy atom. The van der Waals surface area contributed by atoms with Gasteiger partial charge in [0, 0.05) is 30.6 Å². The minimum atomic E-state index is -0.920. The molecule has 9 heteroatoms. The maximum atomic E-state index is 13.3. The summed E-state index contributed by atoms with van der Waals surface area (Å²) in [5, 5.41) is 8.66. The van der Waals surface area contributed by atoms with Gasteiger partial charge in [-0.25, -0.2) is 18.4 Å². The molecule has 6 nitrogen and oxygen atoms in total. The van der Waals surface area contributed by atoms with Gasteiger partial charge < -0.3 is 11.1 Å².